The van der Waals surface area contributed by atoms with Crippen LogP contribution in [-0.4, -0.2) is 11.2 Å². The second-order valence-electron chi connectivity index (χ2n) is 3.55. The molecule has 0 bridgehead atoms. The van der Waals surface area contributed by atoms with Crippen molar-refractivity contribution in [1.29, 1.82) is 0 Å². The number of hydrogen-bond acceptors (Lipinski definition) is 4. The number of hydrazone groups is 1. The Morgan fingerprint density at radius 1 is 1.42 bits per heavy atom. The Morgan fingerprint density at radius 3 is 2.79 bits per heavy atom. The van der Waals surface area contributed by atoms with E-state index in [1.165, 1.54) is 17.6 Å². The molecule has 8 heteroatoms. The number of nitrogens with one attached hydrogen (secondary N) is 1. The van der Waals surface area contributed by atoms with Crippen LogP contribution in [0.1, 0.15) is 11.3 Å². The van der Waals surface area contributed by atoms with Gasteiger partial charge in [0.1, 0.15) is 5.82 Å². The highest BCUT2D eigenvalue weighted by atomic mass is 79.9. The molecule has 1 aromatic carbocycles. The molecule has 0 saturated heterocycles. The Hall–Kier alpha value is -0.860. The van der Waals surface area contributed by atoms with E-state index in [-0.39, 0.29) is 14.5 Å². The Balaban J connectivity index is 2.21. The number of anilines is 1. The van der Waals surface area contributed by atoms with Crippen molar-refractivity contribution in [1.82, 2.24) is 4.98 Å². The third-order valence-electron chi connectivity index (χ3n) is 2.12. The van der Waals surface area contributed by atoms with Gasteiger partial charge in [0.2, 0.25) is 5.13 Å². The molecule has 0 radical (unpaired) electrons. The molecule has 1 aromatic heterocycles. The summed E-state index contributed by atoms with van der Waals surface area (Å²) in [4.78, 5) is 4.13. The SMILES string of the molecule is Cc1csc(NN=Cc2c(F)cc(Br)c(F)c2Br)n1. The Morgan fingerprint density at radius 2 is 2.16 bits per heavy atom. The van der Waals surface area contributed by atoms with Gasteiger partial charge in [0.15, 0.2) is 5.82 Å². The van der Waals surface area contributed by atoms with E-state index in [2.05, 4.69) is 47.4 Å². The third kappa shape index (κ3) is 3.37. The van der Waals surface area contributed by atoms with Crippen LogP contribution in [0.3, 0.4) is 0 Å². The molecular formula is C11H7Br2F2N3S. The van der Waals surface area contributed by atoms with Gasteiger partial charge in [-0.05, 0) is 44.8 Å². The van der Waals surface area contributed by atoms with Crippen molar-refractivity contribution in [2.45, 2.75) is 6.92 Å². The summed E-state index contributed by atoms with van der Waals surface area (Å²) >= 11 is 7.30. The highest BCUT2D eigenvalue weighted by Gasteiger charge is 2.13. The van der Waals surface area contributed by atoms with Crippen LogP contribution in [0.5, 0.6) is 0 Å². The fourth-order valence-corrected chi connectivity index (χ4v) is 3.06. The highest BCUT2D eigenvalue weighted by molar-refractivity contribution is 9.11. The lowest BCUT2D eigenvalue weighted by molar-refractivity contribution is 0.587. The average molecular weight is 411 g/mol. The first-order valence-electron chi connectivity index (χ1n) is 5.03. The molecule has 19 heavy (non-hydrogen) atoms. The molecule has 2 rings (SSSR count). The van der Waals surface area contributed by atoms with E-state index in [1.54, 1.807) is 0 Å². The fourth-order valence-electron chi connectivity index (χ4n) is 1.26. The maximum Gasteiger partial charge on any atom is 0.203 e. The predicted octanol–water partition coefficient (Wildman–Crippen LogP) is 4.70. The van der Waals surface area contributed by atoms with Crippen molar-refractivity contribution in [3.63, 3.8) is 0 Å². The Labute approximate surface area is 129 Å². The first-order valence-corrected chi connectivity index (χ1v) is 7.50. The largest absolute Gasteiger partial charge is 0.253 e. The van der Waals surface area contributed by atoms with E-state index < -0.39 is 11.6 Å². The quantitative estimate of drug-likeness (QED) is 0.344. The molecule has 0 aliphatic carbocycles. The van der Waals surface area contributed by atoms with Crippen LogP contribution in [0.2, 0.25) is 0 Å². The van der Waals surface area contributed by atoms with Crippen molar-refractivity contribution in [3.05, 3.63) is 43.3 Å². The highest BCUT2D eigenvalue weighted by Crippen LogP contribution is 2.28. The summed E-state index contributed by atoms with van der Waals surface area (Å²) < 4.78 is 27.3. The smallest absolute Gasteiger partial charge is 0.203 e. The lowest BCUT2D eigenvalue weighted by Crippen LogP contribution is -1.97. The monoisotopic (exact) mass is 409 g/mol. The van der Waals surface area contributed by atoms with Gasteiger partial charge >= 0.3 is 0 Å². The predicted molar refractivity (Wildman–Crippen MR) is 79.8 cm³/mol. The minimum absolute atomic E-state index is 0.0141. The number of halogens is 4. The first-order chi connectivity index (χ1) is 8.99. The number of rotatable bonds is 3. The van der Waals surface area contributed by atoms with Gasteiger partial charge < -0.3 is 0 Å². The first kappa shape index (κ1) is 14.5. The van der Waals surface area contributed by atoms with Gasteiger partial charge in [-0.2, -0.15) is 5.10 Å². The Kier molecular flexibility index (Phi) is 4.64. The molecule has 0 saturated carbocycles. The zero-order valence-electron chi connectivity index (χ0n) is 9.55. The normalized spacial score (nSPS) is 11.2. The molecule has 0 amide bonds. The summed E-state index contributed by atoms with van der Waals surface area (Å²) in [6.45, 7) is 1.85. The zero-order valence-corrected chi connectivity index (χ0v) is 13.5. The van der Waals surface area contributed by atoms with Crippen LogP contribution in [0.15, 0.2) is 25.5 Å². The van der Waals surface area contributed by atoms with E-state index >= 15 is 0 Å². The van der Waals surface area contributed by atoms with Crippen LogP contribution in [-0.2, 0) is 0 Å². The molecule has 0 atom stereocenters. The summed E-state index contributed by atoms with van der Waals surface area (Å²) in [5.74, 6) is -1.16. The molecule has 0 aliphatic rings. The third-order valence-corrected chi connectivity index (χ3v) is 4.34. The minimum Gasteiger partial charge on any atom is -0.253 e. The van der Waals surface area contributed by atoms with Gasteiger partial charge in [-0.15, -0.1) is 11.3 Å². The second-order valence-corrected chi connectivity index (χ2v) is 6.05. The van der Waals surface area contributed by atoms with Crippen LogP contribution in [0.4, 0.5) is 13.9 Å². The average Bonchev–Trinajstić information content (AvgIpc) is 2.77. The summed E-state index contributed by atoms with van der Waals surface area (Å²) in [7, 11) is 0. The number of thiazole rings is 1. The van der Waals surface area contributed by atoms with E-state index in [1.807, 2.05) is 12.3 Å². The second kappa shape index (κ2) is 6.06. The fraction of sp³-hybridized carbons (Fsp3) is 0.0909. The van der Waals surface area contributed by atoms with E-state index in [9.17, 15) is 8.78 Å². The molecular weight excluding hydrogens is 404 g/mol. The molecule has 3 nitrogen and oxygen atoms in total. The van der Waals surface area contributed by atoms with Gasteiger partial charge in [-0.3, -0.25) is 5.43 Å². The van der Waals surface area contributed by atoms with Gasteiger partial charge in [0, 0.05) is 10.9 Å². The van der Waals surface area contributed by atoms with Crippen molar-refractivity contribution < 1.29 is 8.78 Å². The molecule has 2 aromatic rings. The van der Waals surface area contributed by atoms with E-state index in [0.717, 1.165) is 11.8 Å². The van der Waals surface area contributed by atoms with Crippen molar-refractivity contribution >= 4 is 54.5 Å². The number of hydrogen-bond donors (Lipinski definition) is 1. The summed E-state index contributed by atoms with van der Waals surface area (Å²) in [5, 5.41) is 6.28. The molecule has 0 unspecified atom stereocenters. The van der Waals surface area contributed by atoms with Gasteiger partial charge in [-0.25, -0.2) is 13.8 Å². The van der Waals surface area contributed by atoms with Crippen LogP contribution >= 0.6 is 43.2 Å². The number of benzene rings is 1. The van der Waals surface area contributed by atoms with Crippen LogP contribution < -0.4 is 5.43 Å². The summed E-state index contributed by atoms with van der Waals surface area (Å²) in [6, 6.07) is 1.05. The van der Waals surface area contributed by atoms with Crippen LogP contribution in [0, 0.1) is 18.6 Å². The minimum atomic E-state index is -0.582. The van der Waals surface area contributed by atoms with Crippen molar-refractivity contribution in [3.8, 4) is 0 Å². The van der Waals surface area contributed by atoms with Crippen molar-refractivity contribution in [2.75, 3.05) is 5.43 Å². The van der Waals surface area contributed by atoms with Crippen molar-refractivity contribution in [2.24, 2.45) is 5.10 Å². The summed E-state index contributed by atoms with van der Waals surface area (Å²) in [5.41, 5.74) is 3.55. The summed E-state index contributed by atoms with van der Waals surface area (Å²) in [6.07, 6.45) is 1.20. The maximum absolute atomic E-state index is 13.7. The van der Waals surface area contributed by atoms with Crippen LogP contribution in [0.25, 0.3) is 0 Å². The number of aryl methyl sites for hydroxylation is 1. The zero-order chi connectivity index (χ0) is 14.0. The molecule has 1 N–H and O–H groups in total. The lowest BCUT2D eigenvalue weighted by Gasteiger charge is -2.04. The lowest BCUT2D eigenvalue weighted by atomic mass is 10.2. The van der Waals surface area contributed by atoms with E-state index in [0.29, 0.717) is 5.13 Å². The molecule has 100 valence electrons. The standard InChI is InChI=1S/C11H7Br2F2N3S/c1-5-4-19-11(17-5)18-16-3-6-8(14)2-7(12)10(15)9(6)13/h2-4H,1H3,(H,17,18). The van der Waals surface area contributed by atoms with Gasteiger partial charge in [-0.1, -0.05) is 0 Å². The maximum atomic E-state index is 13.7. The molecule has 0 aliphatic heterocycles. The number of aromatic nitrogens is 1. The van der Waals surface area contributed by atoms with E-state index in [4.69, 9.17) is 0 Å². The molecule has 0 spiro atoms. The van der Waals surface area contributed by atoms with Gasteiger partial charge in [0.05, 0.1) is 20.9 Å². The number of nitrogens with zero attached hydrogens (tertiary/aromatic N) is 2. The topological polar surface area (TPSA) is 37.3 Å². The Bertz CT molecular complexity index is 643. The molecule has 1 heterocycles. The van der Waals surface area contributed by atoms with Gasteiger partial charge in [0.25, 0.3) is 0 Å². The molecule has 0 fully saturated rings.